The molecule has 9 nitrogen and oxygen atoms in total. The SMILES string of the molecule is CC(=O)N(C1CC(O)CCO1)C(C)c1cc(-c2cnc(Oc3ccc(OC4CCCCC4)cc3)s2)no1. The maximum Gasteiger partial charge on any atom is 0.279 e. The lowest BCUT2D eigenvalue weighted by atomic mass is 9.98. The summed E-state index contributed by atoms with van der Waals surface area (Å²) >= 11 is 1.36. The monoisotopic (exact) mass is 527 g/mol. The van der Waals surface area contributed by atoms with Gasteiger partial charge in [-0.05, 0) is 63.3 Å². The third-order valence-corrected chi connectivity index (χ3v) is 7.78. The van der Waals surface area contributed by atoms with Crippen LogP contribution in [-0.4, -0.2) is 51.1 Å². The number of amides is 1. The van der Waals surface area contributed by atoms with Crippen LogP contribution in [0, 0.1) is 0 Å². The summed E-state index contributed by atoms with van der Waals surface area (Å²) < 4.78 is 23.4. The summed E-state index contributed by atoms with van der Waals surface area (Å²) in [5.41, 5.74) is 0.610. The number of hydrogen-bond acceptors (Lipinski definition) is 9. The lowest BCUT2D eigenvalue weighted by Gasteiger charge is -2.38. The molecule has 2 aromatic heterocycles. The van der Waals surface area contributed by atoms with E-state index in [0.29, 0.717) is 47.9 Å². The number of aliphatic hydroxyl groups excluding tert-OH is 1. The van der Waals surface area contributed by atoms with Crippen LogP contribution in [0.1, 0.15) is 70.6 Å². The summed E-state index contributed by atoms with van der Waals surface area (Å²) in [6.45, 7) is 3.75. The number of ether oxygens (including phenoxy) is 3. The first kappa shape index (κ1) is 25.7. The molecule has 0 radical (unpaired) electrons. The molecule has 37 heavy (non-hydrogen) atoms. The molecule has 3 atom stereocenters. The van der Waals surface area contributed by atoms with Crippen LogP contribution in [0.3, 0.4) is 0 Å². The molecular formula is C27H33N3O6S. The number of aliphatic hydroxyl groups is 1. The number of rotatable bonds is 8. The van der Waals surface area contributed by atoms with Gasteiger partial charge in [0.1, 0.15) is 23.4 Å². The molecule has 198 valence electrons. The standard InChI is InChI=1S/C27H33N3O6S/c1-17(30(18(2)31)26-14-19(32)12-13-33-26)24-15-23(29-36-24)25-16-28-27(37-25)35-22-10-8-21(9-11-22)34-20-6-4-3-5-7-20/h8-11,15-17,19-20,26,32H,3-7,12-14H2,1-2H3. The number of thiazole rings is 1. The zero-order chi connectivity index (χ0) is 25.8. The van der Waals surface area contributed by atoms with Gasteiger partial charge in [-0.3, -0.25) is 4.79 Å². The number of carbonyl (C=O) groups excluding carboxylic acids is 1. The quantitative estimate of drug-likeness (QED) is 0.397. The Balaban J connectivity index is 1.22. The summed E-state index contributed by atoms with van der Waals surface area (Å²) in [6.07, 6.45) is 7.94. The summed E-state index contributed by atoms with van der Waals surface area (Å²) in [6, 6.07) is 9.02. The summed E-state index contributed by atoms with van der Waals surface area (Å²) in [4.78, 5) is 19.2. The molecule has 1 aliphatic carbocycles. The van der Waals surface area contributed by atoms with E-state index >= 15 is 0 Å². The fourth-order valence-corrected chi connectivity index (χ4v) is 5.64. The fraction of sp³-hybridized carbons (Fsp3) is 0.519. The van der Waals surface area contributed by atoms with Gasteiger partial charge in [-0.1, -0.05) is 22.9 Å². The average molecular weight is 528 g/mol. The van der Waals surface area contributed by atoms with Gasteiger partial charge in [0.2, 0.25) is 5.91 Å². The first-order chi connectivity index (χ1) is 18.0. The smallest absolute Gasteiger partial charge is 0.279 e. The molecule has 0 spiro atoms. The highest BCUT2D eigenvalue weighted by Crippen LogP contribution is 2.36. The minimum absolute atomic E-state index is 0.159. The average Bonchev–Trinajstić information content (AvgIpc) is 3.56. The molecule has 2 fully saturated rings. The maximum absolute atomic E-state index is 12.4. The van der Waals surface area contributed by atoms with Crippen LogP contribution in [0.5, 0.6) is 16.7 Å². The second kappa shape index (κ2) is 11.6. The highest BCUT2D eigenvalue weighted by molar-refractivity contribution is 7.16. The number of carbonyl (C=O) groups is 1. The van der Waals surface area contributed by atoms with E-state index in [0.717, 1.165) is 23.5 Å². The van der Waals surface area contributed by atoms with Gasteiger partial charge in [0.25, 0.3) is 5.19 Å². The normalized spacial score (nSPS) is 21.4. The molecular weight excluding hydrogens is 494 g/mol. The first-order valence-corrected chi connectivity index (χ1v) is 13.7. The molecule has 1 saturated carbocycles. The van der Waals surface area contributed by atoms with Crippen molar-refractivity contribution in [2.45, 2.75) is 83.3 Å². The van der Waals surface area contributed by atoms with Crippen molar-refractivity contribution in [3.8, 4) is 27.3 Å². The molecule has 1 amide bonds. The van der Waals surface area contributed by atoms with Crippen LogP contribution < -0.4 is 9.47 Å². The van der Waals surface area contributed by atoms with Gasteiger partial charge in [0.05, 0.1) is 35.9 Å². The van der Waals surface area contributed by atoms with E-state index in [1.165, 1.54) is 37.5 Å². The van der Waals surface area contributed by atoms with E-state index in [2.05, 4.69) is 10.1 Å². The fourth-order valence-electron chi connectivity index (χ4n) is 4.90. The van der Waals surface area contributed by atoms with Crippen LogP contribution in [0.25, 0.3) is 10.6 Å². The molecule has 3 heterocycles. The van der Waals surface area contributed by atoms with Crippen molar-refractivity contribution >= 4 is 17.2 Å². The van der Waals surface area contributed by atoms with Crippen molar-refractivity contribution in [2.75, 3.05) is 6.61 Å². The summed E-state index contributed by atoms with van der Waals surface area (Å²) in [5, 5.41) is 14.7. The number of benzene rings is 1. The Morgan fingerprint density at radius 1 is 1.16 bits per heavy atom. The van der Waals surface area contributed by atoms with E-state index in [9.17, 15) is 9.90 Å². The molecule has 10 heteroatoms. The largest absolute Gasteiger partial charge is 0.490 e. The van der Waals surface area contributed by atoms with E-state index in [1.54, 1.807) is 17.2 Å². The zero-order valence-electron chi connectivity index (χ0n) is 21.2. The molecule has 1 N–H and O–H groups in total. The van der Waals surface area contributed by atoms with Crippen LogP contribution in [0.4, 0.5) is 0 Å². The number of nitrogens with zero attached hydrogens (tertiary/aromatic N) is 3. The number of hydrogen-bond donors (Lipinski definition) is 1. The molecule has 1 aromatic carbocycles. The molecule has 1 aliphatic heterocycles. The van der Waals surface area contributed by atoms with Gasteiger partial charge in [-0.15, -0.1) is 0 Å². The van der Waals surface area contributed by atoms with Gasteiger partial charge in [-0.2, -0.15) is 0 Å². The van der Waals surface area contributed by atoms with E-state index in [1.807, 2.05) is 31.2 Å². The van der Waals surface area contributed by atoms with Crippen LogP contribution in [-0.2, 0) is 9.53 Å². The Morgan fingerprint density at radius 3 is 2.65 bits per heavy atom. The molecule has 5 rings (SSSR count). The summed E-state index contributed by atoms with van der Waals surface area (Å²) in [7, 11) is 0. The third-order valence-electron chi connectivity index (χ3n) is 6.89. The van der Waals surface area contributed by atoms with E-state index in [-0.39, 0.29) is 5.91 Å². The topological polar surface area (TPSA) is 107 Å². The highest BCUT2D eigenvalue weighted by atomic mass is 32.1. The van der Waals surface area contributed by atoms with Gasteiger partial charge in [0, 0.05) is 19.4 Å². The van der Waals surface area contributed by atoms with E-state index < -0.39 is 18.4 Å². The van der Waals surface area contributed by atoms with Crippen molar-refractivity contribution in [3.05, 3.63) is 42.3 Å². The third kappa shape index (κ3) is 6.31. The Labute approximate surface area is 220 Å². The van der Waals surface area contributed by atoms with Gasteiger partial charge < -0.3 is 28.7 Å². The second-order valence-corrected chi connectivity index (χ2v) is 10.7. The zero-order valence-corrected chi connectivity index (χ0v) is 22.0. The van der Waals surface area contributed by atoms with Crippen molar-refractivity contribution in [3.63, 3.8) is 0 Å². The Morgan fingerprint density at radius 2 is 1.92 bits per heavy atom. The van der Waals surface area contributed by atoms with Crippen molar-refractivity contribution in [1.82, 2.24) is 15.0 Å². The van der Waals surface area contributed by atoms with Crippen LogP contribution >= 0.6 is 11.3 Å². The van der Waals surface area contributed by atoms with Gasteiger partial charge in [0.15, 0.2) is 5.76 Å². The van der Waals surface area contributed by atoms with Crippen molar-refractivity contribution in [2.24, 2.45) is 0 Å². The Bertz CT molecular complexity index is 1170. The van der Waals surface area contributed by atoms with Crippen molar-refractivity contribution < 1.29 is 28.6 Å². The van der Waals surface area contributed by atoms with Crippen molar-refractivity contribution in [1.29, 1.82) is 0 Å². The molecule has 0 bridgehead atoms. The maximum atomic E-state index is 12.4. The minimum Gasteiger partial charge on any atom is -0.490 e. The predicted molar refractivity (Wildman–Crippen MR) is 138 cm³/mol. The Hall–Kier alpha value is -2.95. The second-order valence-electron chi connectivity index (χ2n) is 9.66. The van der Waals surface area contributed by atoms with E-state index in [4.69, 9.17) is 18.7 Å². The molecule has 2 aliphatic rings. The molecule has 3 unspecified atom stereocenters. The van der Waals surface area contributed by atoms with Crippen LogP contribution in [0.15, 0.2) is 41.1 Å². The molecule has 1 saturated heterocycles. The molecule has 3 aromatic rings. The first-order valence-electron chi connectivity index (χ1n) is 12.9. The number of aromatic nitrogens is 2. The van der Waals surface area contributed by atoms with Gasteiger partial charge >= 0.3 is 0 Å². The lowest BCUT2D eigenvalue weighted by Crippen LogP contribution is -2.46. The highest BCUT2D eigenvalue weighted by Gasteiger charge is 2.33. The Kier molecular flexibility index (Phi) is 8.07. The lowest BCUT2D eigenvalue weighted by molar-refractivity contribution is -0.163. The summed E-state index contributed by atoms with van der Waals surface area (Å²) in [5.74, 6) is 1.90. The predicted octanol–water partition coefficient (Wildman–Crippen LogP) is 5.71. The minimum atomic E-state index is -0.507. The van der Waals surface area contributed by atoms with Gasteiger partial charge in [-0.25, -0.2) is 4.98 Å². The van der Waals surface area contributed by atoms with Crippen LogP contribution in [0.2, 0.25) is 0 Å².